The molecule has 144 valence electrons. The molecule has 4 heterocycles. The molecular weight excluding hydrogens is 380 g/mol. The molecule has 1 fully saturated rings. The molecule has 9 heteroatoms. The van der Waals surface area contributed by atoms with Crippen molar-refractivity contribution in [3.05, 3.63) is 38.2 Å². The third-order valence-corrected chi connectivity index (χ3v) is 6.73. The van der Waals surface area contributed by atoms with Crippen LogP contribution in [-0.2, 0) is 19.4 Å². The Kier molecular flexibility index (Phi) is 5.51. The van der Waals surface area contributed by atoms with Crippen LogP contribution < -0.4 is 10.5 Å². The minimum absolute atomic E-state index is 0.0835. The van der Waals surface area contributed by atoms with Crippen molar-refractivity contribution in [3.8, 4) is 0 Å². The molecule has 0 aliphatic carbocycles. The van der Waals surface area contributed by atoms with E-state index in [0.717, 1.165) is 62.8 Å². The number of hydrogen-bond acceptors (Lipinski definition) is 8. The van der Waals surface area contributed by atoms with Gasteiger partial charge in [0.25, 0.3) is 5.56 Å². The number of rotatable bonds is 6. The van der Waals surface area contributed by atoms with E-state index in [1.54, 1.807) is 17.4 Å². The van der Waals surface area contributed by atoms with Gasteiger partial charge in [0.05, 0.1) is 10.7 Å². The summed E-state index contributed by atoms with van der Waals surface area (Å²) in [5.41, 5.74) is 1.95. The van der Waals surface area contributed by atoms with Crippen LogP contribution in [0.2, 0.25) is 0 Å². The number of thiazole rings is 1. The molecule has 0 atom stereocenters. The molecule has 27 heavy (non-hydrogen) atoms. The highest BCUT2D eigenvalue weighted by atomic mass is 32.1. The maximum atomic E-state index is 12.3. The van der Waals surface area contributed by atoms with Crippen molar-refractivity contribution in [1.82, 2.24) is 24.5 Å². The van der Waals surface area contributed by atoms with Crippen LogP contribution in [0.1, 0.15) is 36.7 Å². The van der Waals surface area contributed by atoms with Gasteiger partial charge in [-0.1, -0.05) is 31.6 Å². The van der Waals surface area contributed by atoms with Crippen LogP contribution in [0.25, 0.3) is 4.96 Å². The Bertz CT molecular complexity index is 970. The molecule has 0 spiro atoms. The van der Waals surface area contributed by atoms with Crippen LogP contribution in [0.3, 0.4) is 0 Å². The lowest BCUT2D eigenvalue weighted by Gasteiger charge is -2.33. The van der Waals surface area contributed by atoms with Crippen molar-refractivity contribution >= 4 is 32.8 Å². The fraction of sp³-hybridized carbons (Fsp3) is 0.556. The summed E-state index contributed by atoms with van der Waals surface area (Å²) in [5, 5.41) is 8.78. The van der Waals surface area contributed by atoms with Gasteiger partial charge in [-0.2, -0.15) is 4.52 Å². The first-order chi connectivity index (χ1) is 13.2. The number of nitrogens with zero attached hydrogens (tertiary/aromatic N) is 6. The predicted molar refractivity (Wildman–Crippen MR) is 110 cm³/mol. The van der Waals surface area contributed by atoms with E-state index >= 15 is 0 Å². The van der Waals surface area contributed by atoms with Gasteiger partial charge < -0.3 is 4.90 Å². The quantitative estimate of drug-likeness (QED) is 0.629. The van der Waals surface area contributed by atoms with Crippen LogP contribution in [-0.4, -0.2) is 50.7 Å². The lowest BCUT2D eigenvalue weighted by molar-refractivity contribution is 0.247. The Labute approximate surface area is 166 Å². The third kappa shape index (κ3) is 4.04. The van der Waals surface area contributed by atoms with Gasteiger partial charge in [-0.15, -0.1) is 16.4 Å². The van der Waals surface area contributed by atoms with E-state index in [0.29, 0.717) is 4.96 Å². The van der Waals surface area contributed by atoms with Gasteiger partial charge in [0, 0.05) is 49.9 Å². The summed E-state index contributed by atoms with van der Waals surface area (Å²) < 4.78 is 1.44. The van der Waals surface area contributed by atoms with E-state index in [-0.39, 0.29) is 5.56 Å². The maximum absolute atomic E-state index is 12.3. The van der Waals surface area contributed by atoms with Crippen LogP contribution in [0.4, 0.5) is 5.13 Å². The normalized spacial score (nSPS) is 15.7. The summed E-state index contributed by atoms with van der Waals surface area (Å²) in [6, 6.07) is 1.61. The second kappa shape index (κ2) is 8.04. The van der Waals surface area contributed by atoms with E-state index in [2.05, 4.69) is 44.1 Å². The largest absolute Gasteiger partial charge is 0.344 e. The fourth-order valence-electron chi connectivity index (χ4n) is 3.27. The molecule has 0 bridgehead atoms. The fourth-order valence-corrected chi connectivity index (χ4v) is 4.98. The first-order valence-corrected chi connectivity index (χ1v) is 11.2. The standard InChI is InChI=1S/C18H24N6OS2/c1-3-5-13-10-16(25)24-17(20-13)27-18(21-24)23-8-6-22(7-9-23)11-14-12-26-15(4-2)19-14/h10,12H,3-9,11H2,1-2H3. The Hall–Kier alpha value is -1.84. The minimum Gasteiger partial charge on any atom is -0.344 e. The molecule has 3 aromatic rings. The highest BCUT2D eigenvalue weighted by Gasteiger charge is 2.21. The molecule has 0 amide bonds. The van der Waals surface area contributed by atoms with Gasteiger partial charge in [-0.25, -0.2) is 9.97 Å². The second-order valence-corrected chi connectivity index (χ2v) is 8.64. The van der Waals surface area contributed by atoms with Crippen molar-refractivity contribution in [1.29, 1.82) is 0 Å². The molecule has 0 N–H and O–H groups in total. The summed E-state index contributed by atoms with van der Waals surface area (Å²) in [6.45, 7) is 8.89. The van der Waals surface area contributed by atoms with E-state index in [1.165, 1.54) is 26.6 Å². The third-order valence-electron chi connectivity index (χ3n) is 4.72. The lowest BCUT2D eigenvalue weighted by Crippen LogP contribution is -2.46. The smallest absolute Gasteiger partial charge is 0.275 e. The van der Waals surface area contributed by atoms with Gasteiger partial charge in [0.1, 0.15) is 0 Å². The maximum Gasteiger partial charge on any atom is 0.275 e. The molecule has 0 saturated carbocycles. The Balaban J connectivity index is 1.43. The van der Waals surface area contributed by atoms with Crippen molar-refractivity contribution in [2.75, 3.05) is 31.1 Å². The number of hydrogen-bond donors (Lipinski definition) is 0. The van der Waals surface area contributed by atoms with Gasteiger partial charge in [0.15, 0.2) is 0 Å². The predicted octanol–water partition coefficient (Wildman–Crippen LogP) is 2.44. The van der Waals surface area contributed by atoms with Crippen LogP contribution in [0.5, 0.6) is 0 Å². The monoisotopic (exact) mass is 404 g/mol. The zero-order valence-electron chi connectivity index (χ0n) is 15.7. The molecule has 1 saturated heterocycles. The summed E-state index contributed by atoms with van der Waals surface area (Å²) >= 11 is 3.25. The van der Waals surface area contributed by atoms with Crippen LogP contribution >= 0.6 is 22.7 Å². The van der Waals surface area contributed by atoms with Crippen molar-refractivity contribution in [3.63, 3.8) is 0 Å². The molecule has 7 nitrogen and oxygen atoms in total. The Morgan fingerprint density at radius 3 is 2.63 bits per heavy atom. The molecule has 0 unspecified atom stereocenters. The average Bonchev–Trinajstić information content (AvgIpc) is 3.30. The van der Waals surface area contributed by atoms with Crippen molar-refractivity contribution in [2.24, 2.45) is 0 Å². The minimum atomic E-state index is -0.0835. The zero-order valence-corrected chi connectivity index (χ0v) is 17.4. The van der Waals surface area contributed by atoms with Gasteiger partial charge in [-0.05, 0) is 12.8 Å². The van der Waals surface area contributed by atoms with Gasteiger partial charge >= 0.3 is 0 Å². The second-order valence-electron chi connectivity index (χ2n) is 6.76. The van der Waals surface area contributed by atoms with E-state index in [1.807, 2.05) is 0 Å². The van der Waals surface area contributed by atoms with Gasteiger partial charge in [-0.3, -0.25) is 9.69 Å². The Morgan fingerprint density at radius 2 is 1.93 bits per heavy atom. The topological polar surface area (TPSA) is 66.6 Å². The highest BCUT2D eigenvalue weighted by Crippen LogP contribution is 2.23. The van der Waals surface area contributed by atoms with E-state index in [9.17, 15) is 4.79 Å². The number of piperazine rings is 1. The summed E-state index contributed by atoms with van der Waals surface area (Å²) in [5.74, 6) is 0. The number of anilines is 1. The number of aryl methyl sites for hydroxylation is 2. The molecular formula is C18H24N6OS2. The average molecular weight is 405 g/mol. The SMILES string of the molecule is CCCc1cc(=O)n2nc(N3CCN(Cc4csc(CC)n4)CC3)sc2n1. The molecule has 1 aliphatic rings. The molecule has 0 radical (unpaired) electrons. The molecule has 0 aromatic carbocycles. The van der Waals surface area contributed by atoms with Crippen LogP contribution in [0, 0.1) is 0 Å². The summed E-state index contributed by atoms with van der Waals surface area (Å²) in [6.07, 6.45) is 2.81. The molecule has 1 aliphatic heterocycles. The van der Waals surface area contributed by atoms with Crippen molar-refractivity contribution < 1.29 is 0 Å². The summed E-state index contributed by atoms with van der Waals surface area (Å²) in [4.78, 5) is 26.9. The lowest BCUT2D eigenvalue weighted by atomic mass is 10.2. The van der Waals surface area contributed by atoms with Crippen LogP contribution in [0.15, 0.2) is 16.2 Å². The number of aromatic nitrogens is 4. The Morgan fingerprint density at radius 1 is 1.11 bits per heavy atom. The zero-order chi connectivity index (χ0) is 18.8. The van der Waals surface area contributed by atoms with Gasteiger partial charge in [0.2, 0.25) is 10.1 Å². The van der Waals surface area contributed by atoms with E-state index < -0.39 is 0 Å². The van der Waals surface area contributed by atoms with E-state index in [4.69, 9.17) is 0 Å². The molecule has 4 rings (SSSR count). The highest BCUT2D eigenvalue weighted by molar-refractivity contribution is 7.20. The number of fused-ring (bicyclic) bond motifs is 1. The first kappa shape index (κ1) is 18.5. The summed E-state index contributed by atoms with van der Waals surface area (Å²) in [7, 11) is 0. The first-order valence-electron chi connectivity index (χ1n) is 9.46. The molecule has 3 aromatic heterocycles. The van der Waals surface area contributed by atoms with Crippen molar-refractivity contribution in [2.45, 2.75) is 39.7 Å².